The van der Waals surface area contributed by atoms with E-state index in [0.29, 0.717) is 5.11 Å². The zero-order valence-electron chi connectivity index (χ0n) is 13.8. The molecule has 0 saturated heterocycles. The Bertz CT molecular complexity index is 810. The zero-order chi connectivity index (χ0) is 16.9. The van der Waals surface area contributed by atoms with Gasteiger partial charge in [-0.25, -0.2) is 4.99 Å². The first-order valence-electron chi connectivity index (χ1n) is 7.83. The molecular formula is C19H20N4S. The quantitative estimate of drug-likeness (QED) is 0.549. The number of benzene rings is 2. The largest absolute Gasteiger partial charge is 0.331 e. The van der Waals surface area contributed by atoms with Gasteiger partial charge in [-0.1, -0.05) is 30.3 Å². The van der Waals surface area contributed by atoms with E-state index in [1.54, 1.807) is 0 Å². The molecule has 5 heteroatoms. The summed E-state index contributed by atoms with van der Waals surface area (Å²) in [6.07, 6.45) is 4.58. The predicted octanol–water partition coefficient (Wildman–Crippen LogP) is 3.72. The summed E-state index contributed by atoms with van der Waals surface area (Å²) in [7, 11) is 0. The summed E-state index contributed by atoms with van der Waals surface area (Å²) in [5.41, 5.74) is 12.1. The van der Waals surface area contributed by atoms with Gasteiger partial charge in [0.1, 0.15) is 5.84 Å². The molecule has 0 spiro atoms. The lowest BCUT2D eigenvalue weighted by atomic mass is 9.98. The maximum absolute atomic E-state index is 5.30. The highest BCUT2D eigenvalue weighted by Crippen LogP contribution is 2.20. The lowest BCUT2D eigenvalue weighted by molar-refractivity contribution is 0.856. The van der Waals surface area contributed by atoms with Gasteiger partial charge in [-0.15, -0.1) is 0 Å². The first-order chi connectivity index (χ1) is 11.6. The van der Waals surface area contributed by atoms with Crippen molar-refractivity contribution >= 4 is 34.9 Å². The third-order valence-corrected chi connectivity index (χ3v) is 4.15. The predicted molar refractivity (Wildman–Crippen MR) is 105 cm³/mol. The third-order valence-electron chi connectivity index (χ3n) is 3.95. The Kier molecular flexibility index (Phi) is 4.91. The summed E-state index contributed by atoms with van der Waals surface area (Å²) >= 11 is 5.30. The molecule has 0 atom stereocenters. The van der Waals surface area contributed by atoms with Crippen molar-refractivity contribution in [1.29, 1.82) is 0 Å². The van der Waals surface area contributed by atoms with Crippen LogP contribution in [0.1, 0.15) is 22.3 Å². The minimum Gasteiger partial charge on any atom is -0.331 e. The van der Waals surface area contributed by atoms with Gasteiger partial charge in [-0.05, 0) is 66.5 Å². The summed E-state index contributed by atoms with van der Waals surface area (Å²) in [6, 6.07) is 14.2. The average molecular weight is 336 g/mol. The monoisotopic (exact) mass is 336 g/mol. The number of hydrogen-bond donors (Lipinski definition) is 3. The molecule has 0 aliphatic carbocycles. The van der Waals surface area contributed by atoms with Crippen molar-refractivity contribution in [1.82, 2.24) is 10.9 Å². The molecule has 0 fully saturated rings. The Labute approximate surface area is 147 Å². The number of fused-ring (bicyclic) bond motifs is 1. The van der Waals surface area contributed by atoms with Gasteiger partial charge >= 0.3 is 0 Å². The number of aryl methyl sites for hydroxylation is 2. The number of para-hydroxylation sites is 1. The van der Waals surface area contributed by atoms with E-state index in [4.69, 9.17) is 12.2 Å². The molecule has 122 valence electrons. The van der Waals surface area contributed by atoms with Crippen molar-refractivity contribution in [3.63, 3.8) is 0 Å². The number of nitrogens with one attached hydrogen (secondary N) is 3. The molecule has 3 N–H and O–H groups in total. The van der Waals surface area contributed by atoms with Crippen LogP contribution in [0, 0.1) is 13.8 Å². The topological polar surface area (TPSA) is 48.4 Å². The lowest BCUT2D eigenvalue weighted by Gasteiger charge is -2.14. The van der Waals surface area contributed by atoms with E-state index in [1.165, 1.54) is 22.3 Å². The van der Waals surface area contributed by atoms with Crippen molar-refractivity contribution in [2.24, 2.45) is 4.99 Å². The van der Waals surface area contributed by atoms with Gasteiger partial charge in [-0.2, -0.15) is 0 Å². The van der Waals surface area contributed by atoms with Crippen LogP contribution in [-0.2, 0) is 6.42 Å². The molecule has 0 amide bonds. The fourth-order valence-electron chi connectivity index (χ4n) is 2.53. The SMILES string of the molecule is Cc1cc2c(cc1C)CC(NNC(=S)Nc1ccccc1)=NC=C2. The van der Waals surface area contributed by atoms with E-state index in [0.717, 1.165) is 17.9 Å². The molecule has 0 radical (unpaired) electrons. The van der Waals surface area contributed by atoms with E-state index in [1.807, 2.05) is 42.6 Å². The van der Waals surface area contributed by atoms with Crippen LogP contribution in [0.15, 0.2) is 53.7 Å². The molecule has 1 heterocycles. The Balaban J connectivity index is 1.62. The molecule has 0 bridgehead atoms. The maximum Gasteiger partial charge on any atom is 0.189 e. The molecule has 2 aromatic rings. The average Bonchev–Trinajstić information content (AvgIpc) is 2.76. The second kappa shape index (κ2) is 7.27. The molecule has 1 aliphatic heterocycles. The Morgan fingerprint density at radius 1 is 1.08 bits per heavy atom. The molecule has 0 saturated carbocycles. The summed E-state index contributed by atoms with van der Waals surface area (Å²) in [5.74, 6) is 0.825. The lowest BCUT2D eigenvalue weighted by Crippen LogP contribution is -2.44. The van der Waals surface area contributed by atoms with Gasteiger partial charge in [0, 0.05) is 18.3 Å². The van der Waals surface area contributed by atoms with Gasteiger partial charge in [0.15, 0.2) is 5.11 Å². The van der Waals surface area contributed by atoms with Crippen LogP contribution in [0.2, 0.25) is 0 Å². The first-order valence-corrected chi connectivity index (χ1v) is 8.24. The van der Waals surface area contributed by atoms with Crippen LogP contribution in [0.5, 0.6) is 0 Å². The zero-order valence-corrected chi connectivity index (χ0v) is 14.6. The molecule has 1 aliphatic rings. The first kappa shape index (κ1) is 16.2. The number of hydrazine groups is 1. The highest BCUT2D eigenvalue weighted by atomic mass is 32.1. The Morgan fingerprint density at radius 2 is 1.83 bits per heavy atom. The number of hydrogen-bond acceptors (Lipinski definition) is 3. The number of amidine groups is 1. The van der Waals surface area contributed by atoms with Crippen LogP contribution in [0.25, 0.3) is 6.08 Å². The van der Waals surface area contributed by atoms with Gasteiger partial charge in [-0.3, -0.25) is 10.9 Å². The number of aliphatic imine (C=N–C) groups is 1. The molecule has 0 aromatic heterocycles. The third kappa shape index (κ3) is 4.00. The number of anilines is 1. The smallest absolute Gasteiger partial charge is 0.189 e. The fraction of sp³-hybridized carbons (Fsp3) is 0.158. The van der Waals surface area contributed by atoms with Crippen molar-refractivity contribution in [2.45, 2.75) is 20.3 Å². The van der Waals surface area contributed by atoms with Crippen LogP contribution in [0.3, 0.4) is 0 Å². The van der Waals surface area contributed by atoms with Crippen LogP contribution < -0.4 is 16.2 Å². The van der Waals surface area contributed by atoms with Crippen molar-refractivity contribution < 1.29 is 0 Å². The highest BCUT2D eigenvalue weighted by Gasteiger charge is 2.10. The number of nitrogens with zero attached hydrogens (tertiary/aromatic N) is 1. The highest BCUT2D eigenvalue weighted by molar-refractivity contribution is 7.80. The summed E-state index contributed by atoms with van der Waals surface area (Å²) < 4.78 is 0. The van der Waals surface area contributed by atoms with E-state index in [9.17, 15) is 0 Å². The summed E-state index contributed by atoms with van der Waals surface area (Å²) in [4.78, 5) is 4.45. The van der Waals surface area contributed by atoms with E-state index in [2.05, 4.69) is 47.1 Å². The summed E-state index contributed by atoms with van der Waals surface area (Å²) in [6.45, 7) is 4.26. The fourth-order valence-corrected chi connectivity index (χ4v) is 2.70. The summed E-state index contributed by atoms with van der Waals surface area (Å²) in [5, 5.41) is 3.62. The van der Waals surface area contributed by atoms with Crippen LogP contribution >= 0.6 is 12.2 Å². The molecule has 2 aromatic carbocycles. The van der Waals surface area contributed by atoms with Gasteiger partial charge in [0.25, 0.3) is 0 Å². The van der Waals surface area contributed by atoms with Crippen molar-refractivity contribution in [3.8, 4) is 0 Å². The van der Waals surface area contributed by atoms with Crippen molar-refractivity contribution in [3.05, 3.63) is 70.9 Å². The minimum atomic E-state index is 0.498. The molecular weight excluding hydrogens is 316 g/mol. The standard InChI is InChI=1S/C19H20N4S/c1-13-10-15-8-9-20-18(12-16(15)11-14(13)2)22-23-19(24)21-17-6-4-3-5-7-17/h3-11H,12H2,1-2H3,(H,20,22)(H2,21,23,24). The van der Waals surface area contributed by atoms with Crippen LogP contribution in [-0.4, -0.2) is 10.9 Å². The normalized spacial score (nSPS) is 12.7. The van der Waals surface area contributed by atoms with E-state index in [-0.39, 0.29) is 0 Å². The molecule has 0 unspecified atom stereocenters. The maximum atomic E-state index is 5.30. The number of rotatable bonds is 1. The van der Waals surface area contributed by atoms with E-state index < -0.39 is 0 Å². The second-order valence-corrected chi connectivity index (χ2v) is 6.18. The molecule has 3 rings (SSSR count). The Hall–Kier alpha value is -2.66. The van der Waals surface area contributed by atoms with Crippen molar-refractivity contribution in [2.75, 3.05) is 5.32 Å². The Morgan fingerprint density at radius 3 is 2.62 bits per heavy atom. The molecule has 24 heavy (non-hydrogen) atoms. The van der Waals surface area contributed by atoms with E-state index >= 15 is 0 Å². The molecule has 4 nitrogen and oxygen atoms in total. The van der Waals surface area contributed by atoms with Gasteiger partial charge in [0.05, 0.1) is 0 Å². The second-order valence-electron chi connectivity index (χ2n) is 5.77. The minimum absolute atomic E-state index is 0.498. The number of thiocarbonyl (C=S) groups is 1. The van der Waals surface area contributed by atoms with Crippen LogP contribution in [0.4, 0.5) is 5.69 Å². The van der Waals surface area contributed by atoms with Gasteiger partial charge in [0.2, 0.25) is 0 Å². The van der Waals surface area contributed by atoms with Gasteiger partial charge < -0.3 is 5.32 Å².